The summed E-state index contributed by atoms with van der Waals surface area (Å²) >= 11 is 0. The van der Waals surface area contributed by atoms with Gasteiger partial charge in [-0.25, -0.2) is 0 Å². The number of imide groups is 1. The molecule has 1 aliphatic rings. The summed E-state index contributed by atoms with van der Waals surface area (Å²) < 4.78 is 11.6. The summed E-state index contributed by atoms with van der Waals surface area (Å²) in [6, 6.07) is 14.3. The lowest BCUT2D eigenvalue weighted by molar-refractivity contribution is 0.0631. The number of amides is 2. The fraction of sp³-hybridized carbons (Fsp3) is 0.364. The third-order valence-corrected chi connectivity index (χ3v) is 4.91. The molecule has 2 aromatic rings. The molecule has 142 valence electrons. The van der Waals surface area contributed by atoms with E-state index in [-0.39, 0.29) is 25.0 Å². The molecule has 0 saturated heterocycles. The van der Waals surface area contributed by atoms with E-state index in [4.69, 9.17) is 9.47 Å². The molecule has 0 atom stereocenters. The molecule has 0 aromatic heterocycles. The summed E-state index contributed by atoms with van der Waals surface area (Å²) in [6.07, 6.45) is 2.18. The minimum Gasteiger partial charge on any atom is -0.493 e. The van der Waals surface area contributed by atoms with E-state index in [1.165, 1.54) is 4.90 Å². The highest BCUT2D eigenvalue weighted by Gasteiger charge is 2.34. The summed E-state index contributed by atoms with van der Waals surface area (Å²) in [5.74, 6) is 1.44. The van der Waals surface area contributed by atoms with Crippen molar-refractivity contribution in [1.29, 1.82) is 0 Å². The van der Waals surface area contributed by atoms with Crippen molar-refractivity contribution in [2.45, 2.75) is 26.7 Å². The molecular weight excluding hydrogens is 342 g/mol. The number of rotatable bonds is 9. The van der Waals surface area contributed by atoms with E-state index in [0.717, 1.165) is 18.6 Å². The van der Waals surface area contributed by atoms with Gasteiger partial charge in [0.1, 0.15) is 18.1 Å². The number of carbonyl (C=O) groups excluding carboxylic acids is 2. The molecule has 5 nitrogen and oxygen atoms in total. The Morgan fingerprint density at radius 2 is 1.44 bits per heavy atom. The minimum absolute atomic E-state index is 0.213. The van der Waals surface area contributed by atoms with Crippen LogP contribution in [0.2, 0.25) is 0 Å². The molecule has 0 radical (unpaired) electrons. The van der Waals surface area contributed by atoms with Crippen LogP contribution in [0.1, 0.15) is 47.4 Å². The molecule has 1 heterocycles. The molecule has 0 unspecified atom stereocenters. The summed E-state index contributed by atoms with van der Waals surface area (Å²) in [6.45, 7) is 5.46. The van der Waals surface area contributed by atoms with Gasteiger partial charge < -0.3 is 9.47 Å². The van der Waals surface area contributed by atoms with Gasteiger partial charge in [-0.3, -0.25) is 14.5 Å². The van der Waals surface area contributed by atoms with E-state index in [2.05, 4.69) is 13.8 Å². The second kappa shape index (κ2) is 8.71. The smallest absolute Gasteiger partial charge is 0.261 e. The molecule has 0 N–H and O–H groups in total. The van der Waals surface area contributed by atoms with E-state index in [1.807, 2.05) is 24.3 Å². The topological polar surface area (TPSA) is 55.8 Å². The van der Waals surface area contributed by atoms with Gasteiger partial charge >= 0.3 is 0 Å². The minimum atomic E-state index is -0.263. The lowest BCUT2D eigenvalue weighted by Crippen LogP contribution is -2.33. The van der Waals surface area contributed by atoms with Crippen molar-refractivity contribution in [1.82, 2.24) is 4.90 Å². The zero-order valence-electron chi connectivity index (χ0n) is 15.8. The van der Waals surface area contributed by atoms with Gasteiger partial charge in [-0.2, -0.15) is 0 Å². The number of ether oxygens (including phenoxy) is 2. The number of benzene rings is 2. The van der Waals surface area contributed by atoms with E-state index < -0.39 is 0 Å². The highest BCUT2D eigenvalue weighted by molar-refractivity contribution is 6.21. The van der Waals surface area contributed by atoms with Gasteiger partial charge in [-0.1, -0.05) is 44.9 Å². The standard InChI is InChI=1S/C22H25NO4/c1-3-16(4-2)15-27-18-9-7-8-17(14-18)26-13-12-23-21(24)19-10-5-6-11-20(19)22(23)25/h5-11,14,16H,3-4,12-13,15H2,1-2H3. The number of hydrogen-bond acceptors (Lipinski definition) is 4. The molecule has 0 saturated carbocycles. The zero-order chi connectivity index (χ0) is 19.2. The first kappa shape index (κ1) is 19.0. The van der Waals surface area contributed by atoms with Crippen molar-refractivity contribution in [2.75, 3.05) is 19.8 Å². The Morgan fingerprint density at radius 3 is 2.04 bits per heavy atom. The summed E-state index contributed by atoms with van der Waals surface area (Å²) in [4.78, 5) is 25.9. The Balaban J connectivity index is 1.53. The van der Waals surface area contributed by atoms with E-state index >= 15 is 0 Å². The van der Waals surface area contributed by atoms with Crippen molar-refractivity contribution >= 4 is 11.8 Å². The van der Waals surface area contributed by atoms with Crippen LogP contribution in [0, 0.1) is 5.92 Å². The Kier molecular flexibility index (Phi) is 6.12. The molecule has 3 rings (SSSR count). The van der Waals surface area contributed by atoms with Gasteiger partial charge in [-0.05, 0) is 30.2 Å². The van der Waals surface area contributed by atoms with Crippen LogP contribution in [0.15, 0.2) is 48.5 Å². The maximum absolute atomic E-state index is 12.3. The normalized spacial score (nSPS) is 13.2. The van der Waals surface area contributed by atoms with Gasteiger partial charge in [0.15, 0.2) is 0 Å². The van der Waals surface area contributed by atoms with Gasteiger partial charge in [0.25, 0.3) is 11.8 Å². The van der Waals surface area contributed by atoms with E-state index in [9.17, 15) is 9.59 Å². The van der Waals surface area contributed by atoms with Crippen LogP contribution in [0.25, 0.3) is 0 Å². The van der Waals surface area contributed by atoms with Crippen LogP contribution in [-0.2, 0) is 0 Å². The van der Waals surface area contributed by atoms with Crippen molar-refractivity contribution in [3.05, 3.63) is 59.7 Å². The van der Waals surface area contributed by atoms with Crippen molar-refractivity contribution < 1.29 is 19.1 Å². The lowest BCUT2D eigenvalue weighted by atomic mass is 10.1. The predicted molar refractivity (Wildman–Crippen MR) is 103 cm³/mol. The van der Waals surface area contributed by atoms with Gasteiger partial charge in [-0.15, -0.1) is 0 Å². The molecule has 2 aromatic carbocycles. The SMILES string of the molecule is CCC(CC)COc1cccc(OCCN2C(=O)c3ccccc3C2=O)c1. The molecule has 0 aliphatic carbocycles. The molecule has 0 bridgehead atoms. The highest BCUT2D eigenvalue weighted by atomic mass is 16.5. The number of nitrogens with zero attached hydrogens (tertiary/aromatic N) is 1. The monoisotopic (exact) mass is 367 g/mol. The van der Waals surface area contributed by atoms with Gasteiger partial charge in [0, 0.05) is 6.07 Å². The fourth-order valence-corrected chi connectivity index (χ4v) is 3.09. The van der Waals surface area contributed by atoms with Crippen LogP contribution in [0.4, 0.5) is 0 Å². The number of fused-ring (bicyclic) bond motifs is 1. The Hall–Kier alpha value is -2.82. The third-order valence-electron chi connectivity index (χ3n) is 4.91. The molecule has 0 spiro atoms. The van der Waals surface area contributed by atoms with Crippen LogP contribution >= 0.6 is 0 Å². The maximum atomic E-state index is 12.3. The first-order valence-electron chi connectivity index (χ1n) is 9.44. The summed E-state index contributed by atoms with van der Waals surface area (Å²) in [5.41, 5.74) is 0.915. The van der Waals surface area contributed by atoms with E-state index in [1.54, 1.807) is 24.3 Å². The highest BCUT2D eigenvalue weighted by Crippen LogP contribution is 2.23. The van der Waals surface area contributed by atoms with Crippen LogP contribution < -0.4 is 9.47 Å². The Labute approximate surface area is 159 Å². The number of carbonyl (C=O) groups is 2. The van der Waals surface area contributed by atoms with Crippen LogP contribution in [0.5, 0.6) is 11.5 Å². The average molecular weight is 367 g/mol. The fourth-order valence-electron chi connectivity index (χ4n) is 3.09. The molecule has 2 amide bonds. The molecule has 5 heteroatoms. The first-order chi connectivity index (χ1) is 13.1. The van der Waals surface area contributed by atoms with Gasteiger partial charge in [0.2, 0.25) is 0 Å². The maximum Gasteiger partial charge on any atom is 0.261 e. The predicted octanol–water partition coefficient (Wildman–Crippen LogP) is 4.18. The van der Waals surface area contributed by atoms with Crippen LogP contribution in [-0.4, -0.2) is 36.5 Å². The molecule has 1 aliphatic heterocycles. The first-order valence-corrected chi connectivity index (χ1v) is 9.44. The largest absolute Gasteiger partial charge is 0.493 e. The molecule has 0 fully saturated rings. The second-order valence-corrected chi connectivity index (χ2v) is 6.62. The third kappa shape index (κ3) is 4.30. The number of hydrogen-bond donors (Lipinski definition) is 0. The Bertz CT molecular complexity index is 778. The van der Waals surface area contributed by atoms with Crippen molar-refractivity contribution in [3.63, 3.8) is 0 Å². The second-order valence-electron chi connectivity index (χ2n) is 6.62. The van der Waals surface area contributed by atoms with Crippen molar-refractivity contribution in [3.8, 4) is 11.5 Å². The molecule has 27 heavy (non-hydrogen) atoms. The van der Waals surface area contributed by atoms with Crippen LogP contribution in [0.3, 0.4) is 0 Å². The lowest BCUT2D eigenvalue weighted by Gasteiger charge is -2.16. The Morgan fingerprint density at radius 1 is 0.852 bits per heavy atom. The van der Waals surface area contributed by atoms with Gasteiger partial charge in [0.05, 0.1) is 24.3 Å². The van der Waals surface area contributed by atoms with E-state index in [0.29, 0.717) is 29.4 Å². The summed E-state index contributed by atoms with van der Waals surface area (Å²) in [7, 11) is 0. The summed E-state index contributed by atoms with van der Waals surface area (Å²) in [5, 5.41) is 0. The quantitative estimate of drug-likeness (QED) is 0.624. The average Bonchev–Trinajstić information content (AvgIpc) is 2.94. The molecular formula is C22H25NO4. The zero-order valence-corrected chi connectivity index (χ0v) is 15.8. The van der Waals surface area contributed by atoms with Crippen molar-refractivity contribution in [2.24, 2.45) is 5.92 Å².